The van der Waals surface area contributed by atoms with Crippen molar-refractivity contribution in [2.24, 2.45) is 0 Å². The van der Waals surface area contributed by atoms with E-state index in [1.165, 1.54) is 0 Å². The standard InChI is InChI=1S/C8H4F3N3O3/c1-3-6(14(16)17)5(8(9,10)11)4(2-12)7(15)13-3/h1H3,(H,13,15). The maximum Gasteiger partial charge on any atom is 0.424 e. The van der Waals surface area contributed by atoms with Crippen LogP contribution >= 0.6 is 0 Å². The lowest BCUT2D eigenvalue weighted by atomic mass is 10.1. The van der Waals surface area contributed by atoms with Crippen LogP contribution in [0.5, 0.6) is 0 Å². The molecule has 6 nitrogen and oxygen atoms in total. The molecule has 1 aromatic rings. The van der Waals surface area contributed by atoms with Crippen LogP contribution in [0.3, 0.4) is 0 Å². The molecule has 90 valence electrons. The number of aryl methyl sites for hydroxylation is 1. The highest BCUT2D eigenvalue weighted by atomic mass is 19.4. The number of halogens is 3. The monoisotopic (exact) mass is 247 g/mol. The van der Waals surface area contributed by atoms with Crippen molar-refractivity contribution < 1.29 is 18.1 Å². The molecule has 0 aliphatic rings. The van der Waals surface area contributed by atoms with Crippen LogP contribution in [-0.2, 0) is 6.18 Å². The lowest BCUT2D eigenvalue weighted by Crippen LogP contribution is -2.22. The molecule has 9 heteroatoms. The summed E-state index contributed by atoms with van der Waals surface area (Å²) in [5.41, 5.74) is -6.29. The molecule has 0 spiro atoms. The quantitative estimate of drug-likeness (QED) is 0.599. The molecule has 0 amide bonds. The summed E-state index contributed by atoms with van der Waals surface area (Å²) in [5, 5.41) is 19.0. The van der Waals surface area contributed by atoms with Crippen molar-refractivity contribution in [3.63, 3.8) is 0 Å². The van der Waals surface area contributed by atoms with Crippen LogP contribution in [0.15, 0.2) is 4.79 Å². The molecule has 0 radical (unpaired) electrons. The second-order valence-corrected chi connectivity index (χ2v) is 3.04. The van der Waals surface area contributed by atoms with Crippen molar-refractivity contribution in [2.75, 3.05) is 0 Å². The summed E-state index contributed by atoms with van der Waals surface area (Å²) in [7, 11) is 0. The Labute approximate surface area is 91.4 Å². The number of nitro groups is 1. The molecule has 0 saturated carbocycles. The van der Waals surface area contributed by atoms with Gasteiger partial charge in [0, 0.05) is 0 Å². The zero-order valence-corrected chi connectivity index (χ0v) is 8.25. The van der Waals surface area contributed by atoms with Gasteiger partial charge in [0.05, 0.1) is 10.6 Å². The van der Waals surface area contributed by atoms with Crippen molar-refractivity contribution in [2.45, 2.75) is 13.1 Å². The van der Waals surface area contributed by atoms with Crippen molar-refractivity contribution in [1.82, 2.24) is 4.98 Å². The van der Waals surface area contributed by atoms with Gasteiger partial charge < -0.3 is 4.98 Å². The van der Waals surface area contributed by atoms with Gasteiger partial charge in [-0.25, -0.2) is 0 Å². The van der Waals surface area contributed by atoms with Crippen LogP contribution in [0, 0.1) is 28.4 Å². The number of nitriles is 1. The Kier molecular flexibility index (Phi) is 2.91. The zero-order valence-electron chi connectivity index (χ0n) is 8.25. The van der Waals surface area contributed by atoms with E-state index < -0.39 is 39.2 Å². The average molecular weight is 247 g/mol. The number of hydrogen-bond acceptors (Lipinski definition) is 4. The number of alkyl halides is 3. The minimum atomic E-state index is -5.15. The topological polar surface area (TPSA) is 99.8 Å². The first kappa shape index (κ1) is 12.7. The maximum absolute atomic E-state index is 12.6. The van der Waals surface area contributed by atoms with Crippen LogP contribution in [0.4, 0.5) is 18.9 Å². The van der Waals surface area contributed by atoms with Gasteiger partial charge in [0.15, 0.2) is 5.56 Å². The van der Waals surface area contributed by atoms with Gasteiger partial charge in [0.25, 0.3) is 5.56 Å². The summed E-state index contributed by atoms with van der Waals surface area (Å²) in [6.45, 7) is 0.954. The van der Waals surface area contributed by atoms with E-state index in [0.29, 0.717) is 0 Å². The highest BCUT2D eigenvalue weighted by Gasteiger charge is 2.43. The molecule has 0 saturated heterocycles. The summed E-state index contributed by atoms with van der Waals surface area (Å²) in [5.74, 6) is 0. The number of rotatable bonds is 1. The molecule has 0 aliphatic heterocycles. The number of nitrogens with one attached hydrogen (secondary N) is 1. The second kappa shape index (κ2) is 3.89. The molecule has 0 unspecified atom stereocenters. The lowest BCUT2D eigenvalue weighted by molar-refractivity contribution is -0.389. The normalized spacial score (nSPS) is 11.0. The summed E-state index contributed by atoms with van der Waals surface area (Å²) >= 11 is 0. The van der Waals surface area contributed by atoms with E-state index in [1.807, 2.05) is 4.98 Å². The Bertz CT molecular complexity index is 583. The number of aromatic nitrogens is 1. The number of H-pyrrole nitrogens is 1. The largest absolute Gasteiger partial charge is 0.424 e. The fourth-order valence-corrected chi connectivity index (χ4v) is 1.32. The fraction of sp³-hybridized carbons (Fsp3) is 0.250. The number of aromatic amines is 1. The minimum Gasteiger partial charge on any atom is -0.319 e. The van der Waals surface area contributed by atoms with Gasteiger partial charge in [-0.1, -0.05) is 0 Å². The van der Waals surface area contributed by atoms with E-state index in [-0.39, 0.29) is 0 Å². The molecule has 17 heavy (non-hydrogen) atoms. The van der Waals surface area contributed by atoms with E-state index >= 15 is 0 Å². The predicted molar refractivity (Wildman–Crippen MR) is 48.2 cm³/mol. The van der Waals surface area contributed by atoms with Gasteiger partial charge in [-0.2, -0.15) is 18.4 Å². The molecule has 1 aromatic heterocycles. The predicted octanol–water partition coefficient (Wildman–Crippen LogP) is 1.48. The smallest absolute Gasteiger partial charge is 0.319 e. The van der Waals surface area contributed by atoms with Gasteiger partial charge in [0.2, 0.25) is 0 Å². The van der Waals surface area contributed by atoms with Crippen molar-refractivity contribution in [3.8, 4) is 6.07 Å². The van der Waals surface area contributed by atoms with E-state index in [2.05, 4.69) is 0 Å². The summed E-state index contributed by atoms with van der Waals surface area (Å²) < 4.78 is 37.8. The summed E-state index contributed by atoms with van der Waals surface area (Å²) in [6.07, 6.45) is -5.15. The maximum atomic E-state index is 12.6. The Morgan fingerprint density at radius 2 is 2.00 bits per heavy atom. The zero-order chi connectivity index (χ0) is 13.4. The molecule has 1 N–H and O–H groups in total. The van der Waals surface area contributed by atoms with Gasteiger partial charge in [0.1, 0.15) is 11.6 Å². The van der Waals surface area contributed by atoms with Crippen LogP contribution in [-0.4, -0.2) is 9.91 Å². The molecule has 1 heterocycles. The van der Waals surface area contributed by atoms with Crippen molar-refractivity contribution in [3.05, 3.63) is 37.3 Å². The third kappa shape index (κ3) is 2.10. The molecule has 0 atom stereocenters. The van der Waals surface area contributed by atoms with E-state index in [4.69, 9.17) is 5.26 Å². The SMILES string of the molecule is Cc1[nH]c(=O)c(C#N)c(C(F)(F)F)c1[N+](=O)[O-]. The Hall–Kier alpha value is -2.37. The molecular formula is C8H4F3N3O3. The third-order valence-electron chi connectivity index (χ3n) is 1.95. The van der Waals surface area contributed by atoms with Crippen LogP contribution in [0.2, 0.25) is 0 Å². The highest BCUT2D eigenvalue weighted by Crippen LogP contribution is 2.38. The molecule has 0 fully saturated rings. The van der Waals surface area contributed by atoms with Gasteiger partial charge >= 0.3 is 11.9 Å². The lowest BCUT2D eigenvalue weighted by Gasteiger charge is -2.09. The fourth-order valence-electron chi connectivity index (χ4n) is 1.32. The van der Waals surface area contributed by atoms with Crippen molar-refractivity contribution in [1.29, 1.82) is 5.26 Å². The summed E-state index contributed by atoms with van der Waals surface area (Å²) in [4.78, 5) is 22.2. The Morgan fingerprint density at radius 1 is 1.47 bits per heavy atom. The Balaban J connectivity index is 3.92. The van der Waals surface area contributed by atoms with E-state index in [9.17, 15) is 28.1 Å². The minimum absolute atomic E-state index is 0.550. The second-order valence-electron chi connectivity index (χ2n) is 3.04. The number of pyridine rings is 1. The first-order chi connectivity index (χ1) is 7.70. The van der Waals surface area contributed by atoms with Crippen LogP contribution in [0.1, 0.15) is 16.8 Å². The highest BCUT2D eigenvalue weighted by molar-refractivity contribution is 5.53. The first-order valence-corrected chi connectivity index (χ1v) is 4.08. The van der Waals surface area contributed by atoms with Crippen LogP contribution in [0.25, 0.3) is 0 Å². The molecule has 0 aliphatic carbocycles. The molecule has 1 rings (SSSR count). The molecule has 0 bridgehead atoms. The number of hydrogen-bond donors (Lipinski definition) is 1. The van der Waals surface area contributed by atoms with E-state index in [1.54, 1.807) is 0 Å². The number of nitrogens with zero attached hydrogens (tertiary/aromatic N) is 2. The van der Waals surface area contributed by atoms with Crippen LogP contribution < -0.4 is 5.56 Å². The first-order valence-electron chi connectivity index (χ1n) is 4.08. The molecular weight excluding hydrogens is 243 g/mol. The average Bonchev–Trinajstić information content (AvgIpc) is 2.14. The van der Waals surface area contributed by atoms with Crippen molar-refractivity contribution >= 4 is 5.69 Å². The summed E-state index contributed by atoms with van der Waals surface area (Å²) in [6, 6.07) is 1.02. The van der Waals surface area contributed by atoms with E-state index in [0.717, 1.165) is 13.0 Å². The van der Waals surface area contributed by atoms with Gasteiger partial charge in [-0.15, -0.1) is 0 Å². The Morgan fingerprint density at radius 3 is 2.35 bits per heavy atom. The van der Waals surface area contributed by atoms with Gasteiger partial charge in [-0.05, 0) is 6.92 Å². The third-order valence-corrected chi connectivity index (χ3v) is 1.95. The van der Waals surface area contributed by atoms with Gasteiger partial charge in [-0.3, -0.25) is 14.9 Å². The molecule has 0 aromatic carbocycles.